The molecule has 2 heterocycles. The number of likely N-dealkylation sites (tertiary alicyclic amines) is 1. The minimum Gasteiger partial charge on any atom is -0.389 e. The molecular weight excluding hydrogens is 328 g/mol. The molecule has 2 fully saturated rings. The van der Waals surface area contributed by atoms with Gasteiger partial charge in [0.15, 0.2) is 0 Å². The second kappa shape index (κ2) is 6.67. The highest BCUT2D eigenvalue weighted by Crippen LogP contribution is 2.32. The predicted molar refractivity (Wildman–Crippen MR) is 90.8 cm³/mol. The van der Waals surface area contributed by atoms with Crippen molar-refractivity contribution in [1.29, 1.82) is 0 Å². The number of piperidine rings is 1. The van der Waals surface area contributed by atoms with E-state index in [1.165, 1.54) is 44.5 Å². The van der Waals surface area contributed by atoms with Crippen molar-refractivity contribution in [2.45, 2.75) is 44.8 Å². The zero-order valence-electron chi connectivity index (χ0n) is 12.8. The predicted octanol–water partition coefficient (Wildman–Crippen LogP) is 3.57. The lowest BCUT2D eigenvalue weighted by molar-refractivity contribution is 0.175. The summed E-state index contributed by atoms with van der Waals surface area (Å²) in [5.74, 6) is 0. The second-order valence-corrected chi connectivity index (χ2v) is 7.23. The SMILES string of the molecule is CC(O)c1ccc(N2CCC(N3CCCCC3)C2)c(Br)c1. The molecule has 0 saturated carbocycles. The number of nitrogens with zero attached hydrogens (tertiary/aromatic N) is 2. The Hall–Kier alpha value is -0.580. The number of hydrogen-bond donors (Lipinski definition) is 1. The summed E-state index contributed by atoms with van der Waals surface area (Å²) in [6.45, 7) is 6.63. The summed E-state index contributed by atoms with van der Waals surface area (Å²) in [7, 11) is 0. The van der Waals surface area contributed by atoms with Gasteiger partial charge in [-0.15, -0.1) is 0 Å². The number of anilines is 1. The quantitative estimate of drug-likeness (QED) is 0.900. The van der Waals surface area contributed by atoms with Crippen LogP contribution in [0.4, 0.5) is 5.69 Å². The highest BCUT2D eigenvalue weighted by atomic mass is 79.9. The number of rotatable bonds is 3. The molecule has 2 atom stereocenters. The first-order chi connectivity index (χ1) is 10.1. The van der Waals surface area contributed by atoms with Crippen LogP contribution in [0.3, 0.4) is 0 Å². The van der Waals surface area contributed by atoms with Gasteiger partial charge in [0, 0.05) is 23.6 Å². The Labute approximate surface area is 136 Å². The first kappa shape index (κ1) is 15.3. The molecule has 0 spiro atoms. The molecule has 116 valence electrons. The zero-order valence-corrected chi connectivity index (χ0v) is 14.3. The monoisotopic (exact) mass is 352 g/mol. The Kier molecular flexibility index (Phi) is 4.87. The van der Waals surface area contributed by atoms with Crippen LogP contribution in [0, 0.1) is 0 Å². The minimum absolute atomic E-state index is 0.407. The lowest BCUT2D eigenvalue weighted by Gasteiger charge is -2.32. The minimum atomic E-state index is -0.407. The third-order valence-electron chi connectivity index (χ3n) is 4.87. The molecule has 4 heteroatoms. The lowest BCUT2D eigenvalue weighted by Crippen LogP contribution is -2.40. The highest BCUT2D eigenvalue weighted by Gasteiger charge is 2.29. The van der Waals surface area contributed by atoms with Crippen molar-refractivity contribution in [2.24, 2.45) is 0 Å². The summed E-state index contributed by atoms with van der Waals surface area (Å²) in [4.78, 5) is 5.16. The van der Waals surface area contributed by atoms with E-state index < -0.39 is 6.10 Å². The van der Waals surface area contributed by atoms with Crippen molar-refractivity contribution in [2.75, 3.05) is 31.1 Å². The van der Waals surface area contributed by atoms with Gasteiger partial charge >= 0.3 is 0 Å². The van der Waals surface area contributed by atoms with Gasteiger partial charge in [0.2, 0.25) is 0 Å². The second-order valence-electron chi connectivity index (χ2n) is 6.37. The molecule has 0 radical (unpaired) electrons. The van der Waals surface area contributed by atoms with Crippen LogP contribution in [0.2, 0.25) is 0 Å². The van der Waals surface area contributed by atoms with E-state index in [2.05, 4.69) is 31.8 Å². The van der Waals surface area contributed by atoms with Crippen LogP contribution in [0.5, 0.6) is 0 Å². The Morgan fingerprint density at radius 1 is 1.19 bits per heavy atom. The van der Waals surface area contributed by atoms with Gasteiger partial charge in [-0.25, -0.2) is 0 Å². The maximum atomic E-state index is 9.68. The Balaban J connectivity index is 1.68. The van der Waals surface area contributed by atoms with Crippen molar-refractivity contribution >= 4 is 21.6 Å². The number of hydrogen-bond acceptors (Lipinski definition) is 3. The van der Waals surface area contributed by atoms with Crippen LogP contribution < -0.4 is 4.90 Å². The molecule has 2 unspecified atom stereocenters. The summed E-state index contributed by atoms with van der Waals surface area (Å²) in [5, 5.41) is 9.68. The maximum Gasteiger partial charge on any atom is 0.0762 e. The number of aliphatic hydroxyl groups is 1. The Morgan fingerprint density at radius 3 is 2.62 bits per heavy atom. The molecule has 0 aromatic heterocycles. The molecule has 1 aromatic rings. The van der Waals surface area contributed by atoms with E-state index in [0.717, 1.165) is 23.1 Å². The molecule has 0 amide bonds. The molecule has 1 aromatic carbocycles. The van der Waals surface area contributed by atoms with Crippen LogP contribution in [-0.2, 0) is 0 Å². The van der Waals surface area contributed by atoms with Gasteiger partial charge in [-0.1, -0.05) is 12.5 Å². The standard InChI is InChI=1S/C17H25BrN2O/c1-13(21)14-5-6-17(16(18)11-14)20-10-7-15(12-20)19-8-3-2-4-9-19/h5-6,11,13,15,21H,2-4,7-10,12H2,1H3. The average molecular weight is 353 g/mol. The van der Waals surface area contributed by atoms with E-state index in [1.54, 1.807) is 0 Å². The lowest BCUT2D eigenvalue weighted by atomic mass is 10.1. The summed E-state index contributed by atoms with van der Waals surface area (Å²) in [5.41, 5.74) is 2.23. The first-order valence-electron chi connectivity index (χ1n) is 8.11. The molecular formula is C17H25BrN2O. The zero-order chi connectivity index (χ0) is 14.8. The number of benzene rings is 1. The molecule has 0 bridgehead atoms. The summed E-state index contributed by atoms with van der Waals surface area (Å²) < 4.78 is 1.10. The molecule has 1 N–H and O–H groups in total. The fourth-order valence-electron chi connectivity index (χ4n) is 3.58. The van der Waals surface area contributed by atoms with Gasteiger partial charge in [-0.3, -0.25) is 4.90 Å². The van der Waals surface area contributed by atoms with E-state index in [0.29, 0.717) is 6.04 Å². The fourth-order valence-corrected chi connectivity index (χ4v) is 4.23. The molecule has 2 saturated heterocycles. The smallest absolute Gasteiger partial charge is 0.0762 e. The van der Waals surface area contributed by atoms with Crippen molar-refractivity contribution in [1.82, 2.24) is 4.90 Å². The topological polar surface area (TPSA) is 26.7 Å². The van der Waals surface area contributed by atoms with Crippen molar-refractivity contribution < 1.29 is 5.11 Å². The molecule has 3 rings (SSSR count). The fraction of sp³-hybridized carbons (Fsp3) is 0.647. The van der Waals surface area contributed by atoms with Gasteiger partial charge < -0.3 is 10.0 Å². The summed E-state index contributed by atoms with van der Waals surface area (Å²) in [6, 6.07) is 6.95. The van der Waals surface area contributed by atoms with Gasteiger partial charge in [0.1, 0.15) is 0 Å². The van der Waals surface area contributed by atoms with Crippen molar-refractivity contribution in [3.05, 3.63) is 28.2 Å². The van der Waals surface area contributed by atoms with Gasteiger partial charge in [-0.2, -0.15) is 0 Å². The van der Waals surface area contributed by atoms with E-state index in [-0.39, 0.29) is 0 Å². The van der Waals surface area contributed by atoms with E-state index in [1.807, 2.05) is 19.1 Å². The molecule has 0 aliphatic carbocycles. The molecule has 2 aliphatic heterocycles. The largest absolute Gasteiger partial charge is 0.389 e. The van der Waals surface area contributed by atoms with Gasteiger partial charge in [0.25, 0.3) is 0 Å². The van der Waals surface area contributed by atoms with Gasteiger partial charge in [-0.05, 0) is 72.9 Å². The van der Waals surface area contributed by atoms with Crippen LogP contribution >= 0.6 is 15.9 Å². The first-order valence-corrected chi connectivity index (χ1v) is 8.91. The maximum absolute atomic E-state index is 9.68. The van der Waals surface area contributed by atoms with E-state index >= 15 is 0 Å². The summed E-state index contributed by atoms with van der Waals surface area (Å²) >= 11 is 3.68. The third kappa shape index (κ3) is 3.43. The Bertz CT molecular complexity index is 486. The summed E-state index contributed by atoms with van der Waals surface area (Å²) in [6.07, 6.45) is 4.99. The van der Waals surface area contributed by atoms with Crippen molar-refractivity contribution in [3.63, 3.8) is 0 Å². The van der Waals surface area contributed by atoms with Crippen LogP contribution in [-0.4, -0.2) is 42.2 Å². The normalized spacial score (nSPS) is 25.3. The average Bonchev–Trinajstić information content (AvgIpc) is 2.97. The van der Waals surface area contributed by atoms with Crippen LogP contribution in [0.15, 0.2) is 22.7 Å². The van der Waals surface area contributed by atoms with Crippen molar-refractivity contribution in [3.8, 4) is 0 Å². The van der Waals surface area contributed by atoms with Crippen LogP contribution in [0.25, 0.3) is 0 Å². The highest BCUT2D eigenvalue weighted by molar-refractivity contribution is 9.10. The molecule has 3 nitrogen and oxygen atoms in total. The van der Waals surface area contributed by atoms with E-state index in [4.69, 9.17) is 0 Å². The van der Waals surface area contributed by atoms with Crippen LogP contribution in [0.1, 0.15) is 44.3 Å². The van der Waals surface area contributed by atoms with Gasteiger partial charge in [0.05, 0.1) is 11.8 Å². The Morgan fingerprint density at radius 2 is 1.95 bits per heavy atom. The third-order valence-corrected chi connectivity index (χ3v) is 5.50. The molecule has 2 aliphatic rings. The number of aliphatic hydroxyl groups excluding tert-OH is 1. The molecule has 21 heavy (non-hydrogen) atoms. The number of halogens is 1. The van der Waals surface area contributed by atoms with E-state index in [9.17, 15) is 5.11 Å².